The number of halogens is 1. The predicted octanol–water partition coefficient (Wildman–Crippen LogP) is 6.48. The Kier molecular flexibility index (Phi) is 7.92. The number of thiophene rings is 1. The molecule has 10 heteroatoms. The van der Waals surface area contributed by atoms with Crippen molar-refractivity contribution in [1.29, 1.82) is 0 Å². The van der Waals surface area contributed by atoms with Crippen molar-refractivity contribution in [3.63, 3.8) is 0 Å². The molecule has 0 unspecified atom stereocenters. The Morgan fingerprint density at radius 1 is 1.13 bits per heavy atom. The van der Waals surface area contributed by atoms with E-state index < -0.39 is 11.2 Å². The number of anilines is 1. The van der Waals surface area contributed by atoms with E-state index in [4.69, 9.17) is 9.57 Å². The van der Waals surface area contributed by atoms with Gasteiger partial charge in [0.05, 0.1) is 16.4 Å². The highest BCUT2D eigenvalue weighted by molar-refractivity contribution is 7.18. The minimum atomic E-state index is -0.512. The third-order valence-electron chi connectivity index (χ3n) is 6.14. The largest absolute Gasteiger partial charge is 0.444 e. The molecule has 1 aromatic carbocycles. The Labute approximate surface area is 227 Å². The molecule has 0 bridgehead atoms. The highest BCUT2D eigenvalue weighted by atomic mass is 32.1. The summed E-state index contributed by atoms with van der Waals surface area (Å²) in [5.41, 5.74) is 1.61. The van der Waals surface area contributed by atoms with Crippen LogP contribution in [0.15, 0.2) is 35.1 Å². The van der Waals surface area contributed by atoms with Gasteiger partial charge in [0.2, 0.25) is 0 Å². The Bertz CT molecular complexity index is 1320. The normalized spacial score (nSPS) is 15.3. The third-order valence-corrected chi connectivity index (χ3v) is 7.11. The number of amides is 1. The number of carbonyl (C=O) groups excluding carboxylic acids is 1. The zero-order chi connectivity index (χ0) is 27.7. The molecule has 0 radical (unpaired) electrons. The standard InChI is InChI=1S/C28H36FN5O3S/c1-27(2,3)36-26(35)34-12-10-19(11-13-34)33(7)25-24-23(30-17-31-25)21(16-38-24)20-9-8-18(14-22(20)29)15-32-37-28(4,5)6/h8-9,14-17,19H,10-13H2,1-7H3/b32-15+. The maximum absolute atomic E-state index is 15.2. The summed E-state index contributed by atoms with van der Waals surface area (Å²) in [6.45, 7) is 12.6. The summed E-state index contributed by atoms with van der Waals surface area (Å²) in [5.74, 6) is 0.456. The quantitative estimate of drug-likeness (QED) is 0.272. The summed E-state index contributed by atoms with van der Waals surface area (Å²) in [5, 5.41) is 5.88. The summed E-state index contributed by atoms with van der Waals surface area (Å²) >= 11 is 1.50. The van der Waals surface area contributed by atoms with Crippen LogP contribution in [0, 0.1) is 5.82 Å². The van der Waals surface area contributed by atoms with Gasteiger partial charge >= 0.3 is 6.09 Å². The highest BCUT2D eigenvalue weighted by Gasteiger charge is 2.30. The van der Waals surface area contributed by atoms with E-state index in [1.54, 1.807) is 11.0 Å². The molecule has 0 N–H and O–H groups in total. The number of nitrogens with zero attached hydrogens (tertiary/aromatic N) is 5. The van der Waals surface area contributed by atoms with E-state index in [0.717, 1.165) is 34.4 Å². The lowest BCUT2D eigenvalue weighted by molar-refractivity contribution is 0.00197. The molecule has 3 aromatic rings. The topological polar surface area (TPSA) is 80.2 Å². The number of oxime groups is 1. The number of carbonyl (C=O) groups is 1. The molecule has 2 aromatic heterocycles. The van der Waals surface area contributed by atoms with Crippen LogP contribution >= 0.6 is 11.3 Å². The minimum Gasteiger partial charge on any atom is -0.444 e. The highest BCUT2D eigenvalue weighted by Crippen LogP contribution is 2.38. The average molecular weight is 542 g/mol. The second-order valence-corrected chi connectivity index (χ2v) is 12.4. The lowest BCUT2D eigenvalue weighted by Gasteiger charge is -2.37. The van der Waals surface area contributed by atoms with Crippen molar-refractivity contribution >= 4 is 39.7 Å². The molecule has 1 amide bonds. The fourth-order valence-corrected chi connectivity index (χ4v) is 5.34. The number of aromatic nitrogens is 2. The predicted molar refractivity (Wildman–Crippen MR) is 150 cm³/mol. The van der Waals surface area contributed by atoms with Crippen LogP contribution in [-0.2, 0) is 9.57 Å². The van der Waals surface area contributed by atoms with Gasteiger partial charge in [0, 0.05) is 42.7 Å². The molecule has 1 aliphatic rings. The number of rotatable bonds is 5. The average Bonchev–Trinajstić information content (AvgIpc) is 3.26. The first-order valence-electron chi connectivity index (χ1n) is 12.8. The number of benzene rings is 1. The first-order valence-corrected chi connectivity index (χ1v) is 13.6. The number of piperidine rings is 1. The number of hydrogen-bond acceptors (Lipinski definition) is 8. The molecule has 8 nitrogen and oxygen atoms in total. The Balaban J connectivity index is 1.50. The van der Waals surface area contributed by atoms with Crippen molar-refractivity contribution in [3.05, 3.63) is 41.3 Å². The maximum Gasteiger partial charge on any atom is 0.410 e. The maximum atomic E-state index is 15.2. The molecular weight excluding hydrogens is 505 g/mol. The SMILES string of the molecule is CN(c1ncnc2c(-c3ccc(/C=N/OC(C)(C)C)cc3F)csc12)C1CCN(C(=O)OC(C)(C)C)CC1. The van der Waals surface area contributed by atoms with Crippen molar-refractivity contribution < 1.29 is 18.8 Å². The van der Waals surface area contributed by atoms with Gasteiger partial charge in [-0.1, -0.05) is 17.3 Å². The van der Waals surface area contributed by atoms with E-state index in [0.29, 0.717) is 24.2 Å². The van der Waals surface area contributed by atoms with Gasteiger partial charge in [-0.2, -0.15) is 0 Å². The van der Waals surface area contributed by atoms with Crippen molar-refractivity contribution in [3.8, 4) is 11.1 Å². The van der Waals surface area contributed by atoms with Crippen LogP contribution in [0.2, 0.25) is 0 Å². The van der Waals surface area contributed by atoms with Gasteiger partial charge in [0.1, 0.15) is 29.2 Å². The van der Waals surface area contributed by atoms with Crippen LogP contribution in [0.1, 0.15) is 59.9 Å². The van der Waals surface area contributed by atoms with E-state index in [-0.39, 0.29) is 18.0 Å². The molecule has 4 rings (SSSR count). The lowest BCUT2D eigenvalue weighted by Crippen LogP contribution is -2.47. The van der Waals surface area contributed by atoms with Gasteiger partial charge in [-0.05, 0) is 66.0 Å². The van der Waals surface area contributed by atoms with Gasteiger partial charge in [-0.15, -0.1) is 11.3 Å². The van der Waals surface area contributed by atoms with Crippen LogP contribution in [0.4, 0.5) is 15.0 Å². The van der Waals surface area contributed by atoms with Crippen molar-refractivity contribution in [2.45, 2.75) is 71.6 Å². The van der Waals surface area contributed by atoms with Crippen LogP contribution in [-0.4, -0.2) is 64.6 Å². The summed E-state index contributed by atoms with van der Waals surface area (Å²) in [6, 6.07) is 5.21. The molecule has 0 saturated carbocycles. The Morgan fingerprint density at radius 3 is 2.47 bits per heavy atom. The van der Waals surface area contributed by atoms with Crippen LogP contribution in [0.3, 0.4) is 0 Å². The molecule has 1 aliphatic heterocycles. The van der Waals surface area contributed by atoms with E-state index in [1.807, 2.05) is 60.0 Å². The number of likely N-dealkylation sites (tertiary alicyclic amines) is 1. The summed E-state index contributed by atoms with van der Waals surface area (Å²) in [6.07, 6.45) is 4.37. The van der Waals surface area contributed by atoms with Gasteiger partial charge < -0.3 is 19.4 Å². The molecule has 3 heterocycles. The van der Waals surface area contributed by atoms with E-state index in [1.165, 1.54) is 29.9 Å². The van der Waals surface area contributed by atoms with Gasteiger partial charge in [-0.25, -0.2) is 19.2 Å². The third kappa shape index (κ3) is 6.59. The second kappa shape index (κ2) is 10.8. The smallest absolute Gasteiger partial charge is 0.410 e. The fraction of sp³-hybridized carbons (Fsp3) is 0.500. The number of fused-ring (bicyclic) bond motifs is 1. The summed E-state index contributed by atoms with van der Waals surface area (Å²) < 4.78 is 21.6. The molecule has 38 heavy (non-hydrogen) atoms. The Morgan fingerprint density at radius 2 is 1.84 bits per heavy atom. The van der Waals surface area contributed by atoms with Crippen molar-refractivity contribution in [1.82, 2.24) is 14.9 Å². The zero-order valence-electron chi connectivity index (χ0n) is 23.1. The minimum absolute atomic E-state index is 0.211. The molecule has 0 aliphatic carbocycles. The number of ether oxygens (including phenoxy) is 1. The summed E-state index contributed by atoms with van der Waals surface area (Å²) in [4.78, 5) is 30.8. The fourth-order valence-electron chi connectivity index (χ4n) is 4.29. The van der Waals surface area contributed by atoms with Crippen LogP contribution in [0.5, 0.6) is 0 Å². The zero-order valence-corrected chi connectivity index (χ0v) is 23.9. The van der Waals surface area contributed by atoms with Crippen LogP contribution < -0.4 is 4.90 Å². The van der Waals surface area contributed by atoms with Gasteiger partial charge in [0.25, 0.3) is 0 Å². The molecular formula is C28H36FN5O3S. The van der Waals surface area contributed by atoms with Crippen LogP contribution in [0.25, 0.3) is 21.3 Å². The molecule has 204 valence electrons. The summed E-state index contributed by atoms with van der Waals surface area (Å²) in [7, 11) is 2.02. The first kappa shape index (κ1) is 27.8. The van der Waals surface area contributed by atoms with Gasteiger partial charge in [-0.3, -0.25) is 0 Å². The van der Waals surface area contributed by atoms with Gasteiger partial charge in [0.15, 0.2) is 0 Å². The van der Waals surface area contributed by atoms with E-state index in [9.17, 15) is 4.79 Å². The Hall–Kier alpha value is -3.27. The molecule has 0 atom stereocenters. The lowest BCUT2D eigenvalue weighted by atomic mass is 10.0. The molecule has 1 fully saturated rings. The van der Waals surface area contributed by atoms with E-state index in [2.05, 4.69) is 20.0 Å². The van der Waals surface area contributed by atoms with E-state index >= 15 is 4.39 Å². The van der Waals surface area contributed by atoms with Crippen molar-refractivity contribution in [2.75, 3.05) is 25.0 Å². The van der Waals surface area contributed by atoms with Crippen molar-refractivity contribution in [2.24, 2.45) is 5.16 Å². The number of hydrogen-bond donors (Lipinski definition) is 0. The molecule has 0 spiro atoms. The molecule has 1 saturated heterocycles. The monoisotopic (exact) mass is 541 g/mol. The first-order chi connectivity index (χ1) is 17.8. The second-order valence-electron chi connectivity index (χ2n) is 11.5.